The van der Waals surface area contributed by atoms with Crippen molar-refractivity contribution >= 4 is 11.6 Å². The number of anilines is 1. The highest BCUT2D eigenvalue weighted by atomic mass is 16.2. The van der Waals surface area contributed by atoms with E-state index in [0.717, 1.165) is 25.1 Å². The maximum atomic E-state index is 12.7. The van der Waals surface area contributed by atoms with Crippen molar-refractivity contribution in [3.8, 4) is 0 Å². The summed E-state index contributed by atoms with van der Waals surface area (Å²) in [5, 5.41) is 0. The van der Waals surface area contributed by atoms with E-state index in [1.807, 2.05) is 17.0 Å². The molecule has 0 spiro atoms. The quantitative estimate of drug-likeness (QED) is 0.922. The molecule has 0 saturated carbocycles. The molecule has 2 atom stereocenters. The van der Waals surface area contributed by atoms with Gasteiger partial charge in [0.1, 0.15) is 0 Å². The first-order valence-corrected chi connectivity index (χ1v) is 8.04. The van der Waals surface area contributed by atoms with Crippen LogP contribution in [0.1, 0.15) is 31.7 Å². The summed E-state index contributed by atoms with van der Waals surface area (Å²) in [7, 11) is 0. The first-order chi connectivity index (χ1) is 10.2. The van der Waals surface area contributed by atoms with Gasteiger partial charge in [0.2, 0.25) is 5.91 Å². The normalized spacial score (nSPS) is 25.9. The summed E-state index contributed by atoms with van der Waals surface area (Å²) in [5.74, 6) is 0.215. The molecule has 0 bridgehead atoms. The van der Waals surface area contributed by atoms with Gasteiger partial charge in [-0.05, 0) is 37.8 Å². The fourth-order valence-electron chi connectivity index (χ4n) is 3.72. The molecule has 2 aliphatic heterocycles. The lowest BCUT2D eigenvalue weighted by atomic mass is 9.96. The van der Waals surface area contributed by atoms with Gasteiger partial charge >= 0.3 is 0 Å². The topological polar surface area (TPSA) is 49.6 Å². The number of benzene rings is 1. The van der Waals surface area contributed by atoms with Gasteiger partial charge in [-0.15, -0.1) is 0 Å². The van der Waals surface area contributed by atoms with E-state index in [0.29, 0.717) is 25.2 Å². The molecule has 21 heavy (non-hydrogen) atoms. The average Bonchev–Trinajstić information content (AvgIpc) is 2.93. The highest BCUT2D eigenvalue weighted by Crippen LogP contribution is 2.28. The number of rotatable bonds is 3. The monoisotopic (exact) mass is 287 g/mol. The molecule has 0 aliphatic carbocycles. The van der Waals surface area contributed by atoms with E-state index in [4.69, 9.17) is 5.73 Å². The van der Waals surface area contributed by atoms with Crippen LogP contribution in [0.2, 0.25) is 0 Å². The van der Waals surface area contributed by atoms with Gasteiger partial charge in [0, 0.05) is 30.9 Å². The molecule has 2 heterocycles. The third kappa shape index (κ3) is 2.83. The number of nitrogens with zero attached hydrogens (tertiary/aromatic N) is 2. The van der Waals surface area contributed by atoms with Crippen LogP contribution in [0.3, 0.4) is 0 Å². The van der Waals surface area contributed by atoms with Crippen LogP contribution in [-0.4, -0.2) is 42.5 Å². The Morgan fingerprint density at radius 1 is 1.33 bits per heavy atom. The van der Waals surface area contributed by atoms with E-state index in [2.05, 4.69) is 24.0 Å². The number of hydrogen-bond acceptors (Lipinski definition) is 3. The molecule has 4 heteroatoms. The number of carbonyl (C=O) groups is 1. The minimum absolute atomic E-state index is 0.215. The van der Waals surface area contributed by atoms with Gasteiger partial charge in [-0.1, -0.05) is 24.6 Å². The third-order valence-corrected chi connectivity index (χ3v) is 4.97. The van der Waals surface area contributed by atoms with Crippen LogP contribution < -0.4 is 10.6 Å². The molecule has 3 rings (SSSR count). The molecule has 2 unspecified atom stereocenters. The molecular formula is C17H25N3O. The minimum Gasteiger partial charge on any atom is -0.329 e. The highest BCUT2D eigenvalue weighted by molar-refractivity contribution is 5.96. The lowest BCUT2D eigenvalue weighted by Gasteiger charge is -2.40. The van der Waals surface area contributed by atoms with Crippen LogP contribution in [0, 0.1) is 0 Å². The van der Waals surface area contributed by atoms with Gasteiger partial charge in [0.05, 0.1) is 6.54 Å². The zero-order valence-electron chi connectivity index (χ0n) is 12.8. The molecule has 0 radical (unpaired) electrons. The van der Waals surface area contributed by atoms with Crippen LogP contribution in [-0.2, 0) is 11.2 Å². The van der Waals surface area contributed by atoms with E-state index in [9.17, 15) is 4.79 Å². The Hall–Kier alpha value is -1.39. The van der Waals surface area contributed by atoms with Crippen molar-refractivity contribution in [2.75, 3.05) is 24.5 Å². The van der Waals surface area contributed by atoms with Gasteiger partial charge in [0.15, 0.2) is 0 Å². The van der Waals surface area contributed by atoms with Crippen LogP contribution in [0.15, 0.2) is 24.3 Å². The maximum absolute atomic E-state index is 12.7. The van der Waals surface area contributed by atoms with Crippen molar-refractivity contribution in [2.45, 2.75) is 44.7 Å². The molecular weight excluding hydrogens is 262 g/mol. The molecule has 0 aromatic heterocycles. The Morgan fingerprint density at radius 3 is 2.95 bits per heavy atom. The summed E-state index contributed by atoms with van der Waals surface area (Å²) >= 11 is 0. The maximum Gasteiger partial charge on any atom is 0.241 e. The summed E-state index contributed by atoms with van der Waals surface area (Å²) in [6.07, 6.45) is 4.48. The molecule has 4 nitrogen and oxygen atoms in total. The first kappa shape index (κ1) is 14.5. The number of fused-ring (bicyclic) bond motifs is 1. The SMILES string of the molecule is CC1CCCC(CN)N1CC(=O)N1CCc2ccccc21. The van der Waals surface area contributed by atoms with E-state index in [1.54, 1.807) is 0 Å². The zero-order chi connectivity index (χ0) is 14.8. The Morgan fingerprint density at radius 2 is 2.14 bits per heavy atom. The largest absolute Gasteiger partial charge is 0.329 e. The lowest BCUT2D eigenvalue weighted by molar-refractivity contribution is -0.121. The van der Waals surface area contributed by atoms with Crippen LogP contribution in [0.25, 0.3) is 0 Å². The standard InChI is InChI=1S/C17H25N3O/c1-13-5-4-7-15(11-18)20(13)12-17(21)19-10-9-14-6-2-3-8-16(14)19/h2-3,6,8,13,15H,4-5,7,9-12,18H2,1H3. The van der Waals surface area contributed by atoms with E-state index in [-0.39, 0.29) is 5.91 Å². The number of hydrogen-bond donors (Lipinski definition) is 1. The number of carbonyl (C=O) groups excluding carboxylic acids is 1. The fraction of sp³-hybridized carbons (Fsp3) is 0.588. The van der Waals surface area contributed by atoms with Crippen LogP contribution in [0.4, 0.5) is 5.69 Å². The molecule has 114 valence electrons. The first-order valence-electron chi connectivity index (χ1n) is 8.04. The fourth-order valence-corrected chi connectivity index (χ4v) is 3.72. The third-order valence-electron chi connectivity index (χ3n) is 4.97. The number of para-hydroxylation sites is 1. The number of amides is 1. The van der Waals surface area contributed by atoms with Gasteiger partial charge < -0.3 is 10.6 Å². The van der Waals surface area contributed by atoms with Crippen molar-refractivity contribution in [3.63, 3.8) is 0 Å². The van der Waals surface area contributed by atoms with Crippen LogP contribution in [0.5, 0.6) is 0 Å². The average molecular weight is 287 g/mol. The van der Waals surface area contributed by atoms with Gasteiger partial charge in [-0.2, -0.15) is 0 Å². The molecule has 1 aromatic carbocycles. The Balaban J connectivity index is 1.72. The van der Waals surface area contributed by atoms with Crippen molar-refractivity contribution in [3.05, 3.63) is 29.8 Å². The molecule has 1 saturated heterocycles. The van der Waals surface area contributed by atoms with Crippen molar-refractivity contribution < 1.29 is 4.79 Å². The molecule has 1 fully saturated rings. The predicted octanol–water partition coefficient (Wildman–Crippen LogP) is 1.78. The van der Waals surface area contributed by atoms with Gasteiger partial charge in [-0.3, -0.25) is 9.69 Å². The summed E-state index contributed by atoms with van der Waals surface area (Å²) in [6, 6.07) is 9.04. The highest BCUT2D eigenvalue weighted by Gasteiger charge is 2.31. The lowest BCUT2D eigenvalue weighted by Crippen LogP contribution is -2.53. The summed E-state index contributed by atoms with van der Waals surface area (Å²) < 4.78 is 0. The Labute approximate surface area is 126 Å². The Kier molecular flexibility index (Phi) is 4.27. The second-order valence-corrected chi connectivity index (χ2v) is 6.27. The van der Waals surface area contributed by atoms with Gasteiger partial charge in [-0.25, -0.2) is 0 Å². The van der Waals surface area contributed by atoms with Crippen molar-refractivity contribution in [2.24, 2.45) is 5.73 Å². The molecule has 2 aliphatic rings. The Bertz CT molecular complexity index is 517. The van der Waals surface area contributed by atoms with Crippen LogP contribution >= 0.6 is 0 Å². The van der Waals surface area contributed by atoms with Crippen molar-refractivity contribution in [1.29, 1.82) is 0 Å². The van der Waals surface area contributed by atoms with Crippen molar-refractivity contribution in [1.82, 2.24) is 4.90 Å². The molecule has 2 N–H and O–H groups in total. The summed E-state index contributed by atoms with van der Waals surface area (Å²) in [5.41, 5.74) is 8.27. The van der Waals surface area contributed by atoms with E-state index < -0.39 is 0 Å². The zero-order valence-corrected chi connectivity index (χ0v) is 12.8. The molecule has 1 amide bonds. The second-order valence-electron chi connectivity index (χ2n) is 6.27. The van der Waals surface area contributed by atoms with E-state index >= 15 is 0 Å². The minimum atomic E-state index is 0.215. The summed E-state index contributed by atoms with van der Waals surface area (Å²) in [6.45, 7) is 4.17. The van der Waals surface area contributed by atoms with E-state index in [1.165, 1.54) is 18.4 Å². The number of likely N-dealkylation sites (tertiary alicyclic amines) is 1. The number of piperidine rings is 1. The number of nitrogens with two attached hydrogens (primary N) is 1. The summed E-state index contributed by atoms with van der Waals surface area (Å²) in [4.78, 5) is 17.0. The van der Waals surface area contributed by atoms with Gasteiger partial charge in [0.25, 0.3) is 0 Å². The molecule has 1 aromatic rings. The smallest absolute Gasteiger partial charge is 0.241 e. The second kappa shape index (κ2) is 6.16. The predicted molar refractivity (Wildman–Crippen MR) is 85.4 cm³/mol.